The average molecular weight is 274 g/mol. The molecular formula is C17H26N2O. The van der Waals surface area contributed by atoms with Crippen LogP contribution in [0.3, 0.4) is 0 Å². The summed E-state index contributed by atoms with van der Waals surface area (Å²) in [6.07, 6.45) is 6.48. The van der Waals surface area contributed by atoms with Crippen LogP contribution in [0.5, 0.6) is 0 Å². The Morgan fingerprint density at radius 2 is 1.95 bits per heavy atom. The molecule has 110 valence electrons. The van der Waals surface area contributed by atoms with Gasteiger partial charge in [0.25, 0.3) is 0 Å². The number of benzene rings is 1. The third-order valence-corrected chi connectivity index (χ3v) is 4.34. The molecule has 0 aliphatic heterocycles. The first-order valence-electron chi connectivity index (χ1n) is 7.73. The normalized spacial score (nSPS) is 22.4. The Morgan fingerprint density at radius 1 is 1.25 bits per heavy atom. The summed E-state index contributed by atoms with van der Waals surface area (Å²) in [4.78, 5) is 11.2. The lowest BCUT2D eigenvalue weighted by atomic mass is 9.84. The molecule has 0 atom stereocenters. The van der Waals surface area contributed by atoms with Gasteiger partial charge in [-0.1, -0.05) is 19.4 Å². The largest absolute Gasteiger partial charge is 0.382 e. The van der Waals surface area contributed by atoms with E-state index >= 15 is 0 Å². The van der Waals surface area contributed by atoms with Gasteiger partial charge in [-0.3, -0.25) is 4.79 Å². The van der Waals surface area contributed by atoms with Crippen molar-refractivity contribution in [3.8, 4) is 0 Å². The summed E-state index contributed by atoms with van der Waals surface area (Å²) in [7, 11) is 0. The van der Waals surface area contributed by atoms with Crippen molar-refractivity contribution >= 4 is 17.3 Å². The Morgan fingerprint density at radius 3 is 2.55 bits per heavy atom. The standard InChI is InChI=1S/C17H26N2O/c1-4-14-6-9-15(10-7-14)19-16-8-5-12(2)17(11-16)18-13(3)20/h5,8,11,14-15,19H,4,6-7,9-10H2,1-3H3,(H,18,20). The van der Waals surface area contributed by atoms with Gasteiger partial charge in [-0.25, -0.2) is 0 Å². The summed E-state index contributed by atoms with van der Waals surface area (Å²) in [5.41, 5.74) is 3.12. The molecule has 0 saturated heterocycles. The second-order valence-corrected chi connectivity index (χ2v) is 5.98. The summed E-state index contributed by atoms with van der Waals surface area (Å²) in [5, 5.41) is 6.50. The van der Waals surface area contributed by atoms with Crippen molar-refractivity contribution < 1.29 is 4.79 Å². The molecule has 1 amide bonds. The lowest BCUT2D eigenvalue weighted by Crippen LogP contribution is -2.25. The fourth-order valence-electron chi connectivity index (χ4n) is 2.99. The smallest absolute Gasteiger partial charge is 0.221 e. The van der Waals surface area contributed by atoms with E-state index in [1.807, 2.05) is 13.0 Å². The number of aryl methyl sites for hydroxylation is 1. The molecule has 2 N–H and O–H groups in total. The first-order chi connectivity index (χ1) is 9.58. The van der Waals surface area contributed by atoms with Crippen LogP contribution >= 0.6 is 0 Å². The van der Waals surface area contributed by atoms with E-state index in [0.717, 1.165) is 22.9 Å². The summed E-state index contributed by atoms with van der Waals surface area (Å²) in [5.74, 6) is 0.898. The van der Waals surface area contributed by atoms with Crippen molar-refractivity contribution in [1.82, 2.24) is 0 Å². The highest BCUT2D eigenvalue weighted by molar-refractivity contribution is 5.90. The van der Waals surface area contributed by atoms with E-state index in [1.54, 1.807) is 6.92 Å². The predicted octanol–water partition coefficient (Wildman–Crippen LogP) is 4.33. The van der Waals surface area contributed by atoms with Crippen molar-refractivity contribution in [2.24, 2.45) is 5.92 Å². The molecule has 0 unspecified atom stereocenters. The number of amides is 1. The topological polar surface area (TPSA) is 41.1 Å². The van der Waals surface area contributed by atoms with Gasteiger partial charge in [0.15, 0.2) is 0 Å². The van der Waals surface area contributed by atoms with Crippen LogP contribution in [-0.4, -0.2) is 11.9 Å². The maximum atomic E-state index is 11.2. The second-order valence-electron chi connectivity index (χ2n) is 5.98. The average Bonchev–Trinajstić information content (AvgIpc) is 2.43. The summed E-state index contributed by atoms with van der Waals surface area (Å²) < 4.78 is 0. The van der Waals surface area contributed by atoms with Crippen LogP contribution in [0.25, 0.3) is 0 Å². The Balaban J connectivity index is 1.98. The Bertz CT molecular complexity index is 462. The Kier molecular flexibility index (Phi) is 5.05. The number of hydrogen-bond acceptors (Lipinski definition) is 2. The van der Waals surface area contributed by atoms with E-state index in [-0.39, 0.29) is 5.91 Å². The van der Waals surface area contributed by atoms with E-state index in [0.29, 0.717) is 6.04 Å². The van der Waals surface area contributed by atoms with Crippen LogP contribution in [0.2, 0.25) is 0 Å². The first-order valence-corrected chi connectivity index (χ1v) is 7.73. The third-order valence-electron chi connectivity index (χ3n) is 4.34. The number of hydrogen-bond donors (Lipinski definition) is 2. The van der Waals surface area contributed by atoms with Crippen LogP contribution in [-0.2, 0) is 4.79 Å². The van der Waals surface area contributed by atoms with Gasteiger partial charge >= 0.3 is 0 Å². The van der Waals surface area contributed by atoms with Gasteiger partial charge in [0.05, 0.1) is 0 Å². The van der Waals surface area contributed by atoms with E-state index in [1.165, 1.54) is 32.1 Å². The van der Waals surface area contributed by atoms with Gasteiger partial charge in [-0.05, 0) is 56.2 Å². The molecule has 20 heavy (non-hydrogen) atoms. The minimum Gasteiger partial charge on any atom is -0.382 e. The van der Waals surface area contributed by atoms with Crippen molar-refractivity contribution in [2.45, 2.75) is 58.9 Å². The van der Waals surface area contributed by atoms with Crippen LogP contribution in [0.15, 0.2) is 18.2 Å². The monoisotopic (exact) mass is 274 g/mol. The van der Waals surface area contributed by atoms with Gasteiger partial charge < -0.3 is 10.6 Å². The molecule has 1 aromatic carbocycles. The lowest BCUT2D eigenvalue weighted by molar-refractivity contribution is -0.114. The molecule has 1 fully saturated rings. The summed E-state index contributed by atoms with van der Waals surface area (Å²) in [6.45, 7) is 5.85. The zero-order valence-corrected chi connectivity index (χ0v) is 12.8. The van der Waals surface area contributed by atoms with E-state index in [2.05, 4.69) is 29.7 Å². The number of carbonyl (C=O) groups excluding carboxylic acids is 1. The van der Waals surface area contributed by atoms with Gasteiger partial charge in [0.1, 0.15) is 0 Å². The van der Waals surface area contributed by atoms with Gasteiger partial charge in [0, 0.05) is 24.3 Å². The van der Waals surface area contributed by atoms with Crippen LogP contribution in [0, 0.1) is 12.8 Å². The second kappa shape index (κ2) is 6.78. The molecule has 0 radical (unpaired) electrons. The highest BCUT2D eigenvalue weighted by Crippen LogP contribution is 2.29. The van der Waals surface area contributed by atoms with Gasteiger partial charge in [-0.15, -0.1) is 0 Å². The van der Waals surface area contributed by atoms with Crippen LogP contribution in [0.1, 0.15) is 51.5 Å². The van der Waals surface area contributed by atoms with Crippen molar-refractivity contribution in [1.29, 1.82) is 0 Å². The molecule has 3 nitrogen and oxygen atoms in total. The van der Waals surface area contributed by atoms with E-state index in [9.17, 15) is 4.79 Å². The highest BCUT2D eigenvalue weighted by atomic mass is 16.1. The molecule has 3 heteroatoms. The van der Waals surface area contributed by atoms with Crippen molar-refractivity contribution in [3.63, 3.8) is 0 Å². The minimum atomic E-state index is -0.0197. The van der Waals surface area contributed by atoms with Crippen LogP contribution < -0.4 is 10.6 Å². The molecule has 1 aliphatic rings. The zero-order chi connectivity index (χ0) is 14.5. The first kappa shape index (κ1) is 14.9. The predicted molar refractivity (Wildman–Crippen MR) is 85.1 cm³/mol. The number of rotatable bonds is 4. The maximum absolute atomic E-state index is 11.2. The highest BCUT2D eigenvalue weighted by Gasteiger charge is 2.19. The fourth-order valence-corrected chi connectivity index (χ4v) is 2.99. The summed E-state index contributed by atoms with van der Waals surface area (Å²) in [6, 6.07) is 6.78. The number of carbonyl (C=O) groups is 1. The van der Waals surface area contributed by atoms with Gasteiger partial charge in [-0.2, -0.15) is 0 Å². The molecule has 1 saturated carbocycles. The lowest BCUT2D eigenvalue weighted by Gasteiger charge is -2.29. The minimum absolute atomic E-state index is 0.0197. The quantitative estimate of drug-likeness (QED) is 0.857. The Labute approximate surface area is 122 Å². The molecule has 1 aliphatic carbocycles. The van der Waals surface area contributed by atoms with Crippen molar-refractivity contribution in [2.75, 3.05) is 10.6 Å². The SMILES string of the molecule is CCC1CCC(Nc2ccc(C)c(NC(C)=O)c2)CC1. The van der Waals surface area contributed by atoms with Gasteiger partial charge in [0.2, 0.25) is 5.91 Å². The van der Waals surface area contributed by atoms with Crippen molar-refractivity contribution in [3.05, 3.63) is 23.8 Å². The van der Waals surface area contributed by atoms with E-state index in [4.69, 9.17) is 0 Å². The Hall–Kier alpha value is -1.51. The summed E-state index contributed by atoms with van der Waals surface area (Å²) >= 11 is 0. The van der Waals surface area contributed by atoms with Crippen LogP contribution in [0.4, 0.5) is 11.4 Å². The number of nitrogens with one attached hydrogen (secondary N) is 2. The molecule has 1 aromatic rings. The molecule has 0 aromatic heterocycles. The molecule has 2 rings (SSSR count). The molecule has 0 heterocycles. The third kappa shape index (κ3) is 3.99. The molecule has 0 bridgehead atoms. The zero-order valence-electron chi connectivity index (χ0n) is 12.8. The fraction of sp³-hybridized carbons (Fsp3) is 0.588. The molecular weight excluding hydrogens is 248 g/mol. The molecule has 0 spiro atoms. The number of anilines is 2. The maximum Gasteiger partial charge on any atom is 0.221 e. The van der Waals surface area contributed by atoms with E-state index < -0.39 is 0 Å².